The van der Waals surface area contributed by atoms with E-state index in [0.717, 1.165) is 6.92 Å². The number of nitrogens with one attached hydrogen (secondary N) is 3. The molecule has 30 heavy (non-hydrogen) atoms. The summed E-state index contributed by atoms with van der Waals surface area (Å²) >= 11 is 0. The molecule has 0 spiro atoms. The van der Waals surface area contributed by atoms with Gasteiger partial charge in [0.2, 0.25) is 17.7 Å². The second-order valence-electron chi connectivity index (χ2n) is 6.17. The molecule has 5 unspecified atom stereocenters. The van der Waals surface area contributed by atoms with Gasteiger partial charge < -0.3 is 47.2 Å². The number of nitrogens with two attached hydrogens (primary N) is 1. The number of hydrogen-bond acceptors (Lipinski definition) is 9. The highest BCUT2D eigenvalue weighted by molar-refractivity contribution is 5.96. The van der Waals surface area contributed by atoms with Crippen LogP contribution in [0.3, 0.4) is 0 Å². The number of carbonyl (C=O) groups excluding carboxylic acids is 3. The van der Waals surface area contributed by atoms with Crippen molar-refractivity contribution in [2.75, 3.05) is 6.61 Å². The Morgan fingerprint density at radius 1 is 0.800 bits per heavy atom. The molecule has 170 valence electrons. The van der Waals surface area contributed by atoms with E-state index >= 15 is 0 Å². The average Bonchev–Trinajstić information content (AvgIpc) is 2.61. The molecule has 0 bridgehead atoms. The van der Waals surface area contributed by atoms with E-state index in [4.69, 9.17) is 26.2 Å². The Bertz CT molecular complexity index is 681. The average molecular weight is 436 g/mol. The summed E-state index contributed by atoms with van der Waals surface area (Å²) in [6.45, 7) is 0.0639. The van der Waals surface area contributed by atoms with Crippen LogP contribution in [0, 0.1) is 0 Å². The summed E-state index contributed by atoms with van der Waals surface area (Å²) in [5.41, 5.74) is 5.35. The molecule has 0 radical (unpaired) electrons. The van der Waals surface area contributed by atoms with E-state index in [2.05, 4.69) is 0 Å². The Labute approximate surface area is 169 Å². The number of aliphatic hydroxyl groups is 2. The Kier molecular flexibility index (Phi) is 10.9. The third kappa shape index (κ3) is 9.26. The zero-order valence-corrected chi connectivity index (χ0v) is 15.8. The van der Waals surface area contributed by atoms with Crippen molar-refractivity contribution < 1.29 is 54.3 Å². The Hall–Kier alpha value is -3.30. The third-order valence-electron chi connectivity index (χ3n) is 3.60. The molecule has 5 atom stereocenters. The van der Waals surface area contributed by atoms with Gasteiger partial charge in [-0.15, -0.1) is 0 Å². The molecule has 0 rings (SSSR count). The summed E-state index contributed by atoms with van der Waals surface area (Å²) in [6, 6.07) is -6.90. The summed E-state index contributed by atoms with van der Waals surface area (Å²) in [5.74, 6) is -8.15. The van der Waals surface area contributed by atoms with E-state index in [-0.39, 0.29) is 0 Å². The molecule has 0 saturated heterocycles. The lowest BCUT2D eigenvalue weighted by molar-refractivity contribution is -0.144. The van der Waals surface area contributed by atoms with Gasteiger partial charge in [0.15, 0.2) is 0 Å². The minimum Gasteiger partial charge on any atom is -0.481 e. The first-order chi connectivity index (χ1) is 13.8. The van der Waals surface area contributed by atoms with E-state index < -0.39 is 85.3 Å². The lowest BCUT2D eigenvalue weighted by atomic mass is 10.1. The molecule has 0 fully saturated rings. The molecule has 0 aliphatic carbocycles. The van der Waals surface area contributed by atoms with E-state index in [0.29, 0.717) is 0 Å². The number of aliphatic hydroxyl groups excluding tert-OH is 2. The number of aliphatic carboxylic acids is 3. The van der Waals surface area contributed by atoms with Gasteiger partial charge in [-0.3, -0.25) is 24.0 Å². The third-order valence-corrected chi connectivity index (χ3v) is 3.60. The van der Waals surface area contributed by atoms with E-state index in [1.807, 2.05) is 16.0 Å². The summed E-state index contributed by atoms with van der Waals surface area (Å²) in [4.78, 5) is 68.9. The highest BCUT2D eigenvalue weighted by atomic mass is 16.4. The van der Waals surface area contributed by atoms with Gasteiger partial charge in [-0.05, 0) is 6.92 Å². The lowest BCUT2D eigenvalue weighted by Gasteiger charge is -2.25. The van der Waals surface area contributed by atoms with Crippen LogP contribution in [0.25, 0.3) is 0 Å². The van der Waals surface area contributed by atoms with Gasteiger partial charge in [0.05, 0.1) is 31.6 Å². The van der Waals surface area contributed by atoms with Gasteiger partial charge >= 0.3 is 17.9 Å². The molecule has 0 aromatic heterocycles. The second kappa shape index (κ2) is 12.3. The SMILES string of the molecule is CC(O)C(NC(=O)C(N)CC(=O)O)C(=O)NC(CC(=O)O)C(=O)NC(CO)C(=O)O. The fourth-order valence-electron chi connectivity index (χ4n) is 2.05. The van der Waals surface area contributed by atoms with Gasteiger partial charge in [-0.25, -0.2) is 4.79 Å². The molecule has 0 heterocycles. The van der Waals surface area contributed by atoms with Crippen LogP contribution in [0.4, 0.5) is 0 Å². The highest BCUT2D eigenvalue weighted by Gasteiger charge is 2.33. The van der Waals surface area contributed by atoms with Crippen molar-refractivity contribution in [3.05, 3.63) is 0 Å². The van der Waals surface area contributed by atoms with Crippen molar-refractivity contribution in [2.24, 2.45) is 5.73 Å². The standard InChI is InChI=1S/C15H24N4O11/c1-5(21)11(19-12(26)6(16)2-9(22)23)14(28)17-7(3-10(24)25)13(27)18-8(4-20)15(29)30/h5-8,11,20-21H,2-4,16H2,1H3,(H,17,28)(H,18,27)(H,19,26)(H,22,23)(H,24,25)(H,29,30). The molecule has 10 N–H and O–H groups in total. The van der Waals surface area contributed by atoms with E-state index in [9.17, 15) is 33.9 Å². The van der Waals surface area contributed by atoms with Crippen molar-refractivity contribution >= 4 is 35.6 Å². The molecule has 0 aliphatic rings. The predicted octanol–water partition coefficient (Wildman–Crippen LogP) is -4.82. The van der Waals surface area contributed by atoms with Crippen LogP contribution in [-0.2, 0) is 28.8 Å². The molecule has 0 saturated carbocycles. The molecule has 0 aliphatic heterocycles. The van der Waals surface area contributed by atoms with Gasteiger partial charge in [-0.1, -0.05) is 0 Å². The number of hydrogen-bond donors (Lipinski definition) is 9. The predicted molar refractivity (Wildman–Crippen MR) is 94.7 cm³/mol. The lowest BCUT2D eigenvalue weighted by Crippen LogP contribution is -2.60. The first kappa shape index (κ1) is 26.7. The summed E-state index contributed by atoms with van der Waals surface area (Å²) in [6.07, 6.45) is -3.33. The fourth-order valence-corrected chi connectivity index (χ4v) is 2.05. The monoisotopic (exact) mass is 436 g/mol. The van der Waals surface area contributed by atoms with Crippen molar-refractivity contribution in [2.45, 2.75) is 50.0 Å². The minimum absolute atomic E-state index is 0.776. The van der Waals surface area contributed by atoms with Crippen LogP contribution in [0.5, 0.6) is 0 Å². The van der Waals surface area contributed by atoms with Gasteiger partial charge in [0.1, 0.15) is 18.1 Å². The molecule has 0 aromatic rings. The molecular weight excluding hydrogens is 412 g/mol. The summed E-state index contributed by atoms with van der Waals surface area (Å²) in [5, 5.41) is 50.8. The maximum Gasteiger partial charge on any atom is 0.328 e. The Morgan fingerprint density at radius 3 is 1.70 bits per heavy atom. The van der Waals surface area contributed by atoms with Crippen molar-refractivity contribution in [1.29, 1.82) is 0 Å². The number of rotatable bonds is 13. The van der Waals surface area contributed by atoms with E-state index in [1.54, 1.807) is 0 Å². The van der Waals surface area contributed by atoms with Crippen LogP contribution in [0.15, 0.2) is 0 Å². The van der Waals surface area contributed by atoms with Gasteiger partial charge in [0, 0.05) is 0 Å². The van der Waals surface area contributed by atoms with Crippen LogP contribution < -0.4 is 21.7 Å². The smallest absolute Gasteiger partial charge is 0.328 e. The molecule has 15 heteroatoms. The zero-order chi connectivity index (χ0) is 23.6. The second-order valence-corrected chi connectivity index (χ2v) is 6.17. The number of amides is 3. The van der Waals surface area contributed by atoms with Crippen molar-refractivity contribution in [3.8, 4) is 0 Å². The zero-order valence-electron chi connectivity index (χ0n) is 15.8. The van der Waals surface area contributed by atoms with E-state index in [1.165, 1.54) is 0 Å². The maximum atomic E-state index is 12.4. The molecule has 3 amide bonds. The number of carboxylic acid groups (broad SMARTS) is 3. The Balaban J connectivity index is 5.37. The summed E-state index contributed by atoms with van der Waals surface area (Å²) in [7, 11) is 0. The minimum atomic E-state index is -1.82. The van der Waals surface area contributed by atoms with Gasteiger partial charge in [0.25, 0.3) is 0 Å². The maximum absolute atomic E-state index is 12.4. The van der Waals surface area contributed by atoms with Crippen LogP contribution in [-0.4, -0.2) is 98.0 Å². The number of carbonyl (C=O) groups is 6. The fraction of sp³-hybridized carbons (Fsp3) is 0.600. The van der Waals surface area contributed by atoms with Crippen molar-refractivity contribution in [3.63, 3.8) is 0 Å². The van der Waals surface area contributed by atoms with Crippen LogP contribution >= 0.6 is 0 Å². The molecular formula is C15H24N4O11. The Morgan fingerprint density at radius 2 is 1.30 bits per heavy atom. The normalized spacial score (nSPS) is 15.6. The summed E-state index contributed by atoms with van der Waals surface area (Å²) < 4.78 is 0. The highest BCUT2D eigenvalue weighted by Crippen LogP contribution is 2.01. The van der Waals surface area contributed by atoms with Crippen LogP contribution in [0.2, 0.25) is 0 Å². The van der Waals surface area contributed by atoms with Gasteiger partial charge in [-0.2, -0.15) is 0 Å². The first-order valence-corrected chi connectivity index (χ1v) is 8.42. The largest absolute Gasteiger partial charge is 0.481 e. The topological polar surface area (TPSA) is 266 Å². The number of carboxylic acids is 3. The van der Waals surface area contributed by atoms with Crippen molar-refractivity contribution in [1.82, 2.24) is 16.0 Å². The first-order valence-electron chi connectivity index (χ1n) is 8.42. The molecule has 15 nitrogen and oxygen atoms in total. The molecule has 0 aromatic carbocycles. The quantitative estimate of drug-likeness (QED) is 0.132. The van der Waals surface area contributed by atoms with Crippen LogP contribution in [0.1, 0.15) is 19.8 Å².